The van der Waals surface area contributed by atoms with E-state index in [1.165, 1.54) is 26.4 Å². The molecule has 1 heterocycles. The van der Waals surface area contributed by atoms with Gasteiger partial charge in [0.05, 0.1) is 6.16 Å². The molecule has 128 valence electrons. The molecule has 1 aromatic heterocycles. The average Bonchev–Trinajstić information content (AvgIpc) is 2.83. The molecule has 0 aliphatic rings. The van der Waals surface area contributed by atoms with E-state index in [2.05, 4.69) is 12.0 Å². The maximum Gasteiger partial charge on any atom is 0.379 e. The van der Waals surface area contributed by atoms with Crippen molar-refractivity contribution >= 4 is 31.0 Å². The minimum absolute atomic E-state index is 0.201. The predicted molar refractivity (Wildman–Crippen MR) is 93.6 cm³/mol. The van der Waals surface area contributed by atoms with E-state index >= 15 is 0 Å². The van der Waals surface area contributed by atoms with E-state index in [0.717, 1.165) is 17.2 Å². The quantitative estimate of drug-likeness (QED) is 0.294. The Morgan fingerprint density at radius 3 is 2.55 bits per heavy atom. The van der Waals surface area contributed by atoms with E-state index in [9.17, 15) is 4.57 Å². The normalized spacial score (nSPS) is 14.0. The fourth-order valence-electron chi connectivity index (χ4n) is 1.87. The third-order valence-corrected chi connectivity index (χ3v) is 6.66. The monoisotopic (exact) mass is 368 g/mol. The van der Waals surface area contributed by atoms with Gasteiger partial charge >= 0.3 is 7.60 Å². The topological polar surface area (TPSA) is 53.4 Å². The van der Waals surface area contributed by atoms with E-state index < -0.39 is 7.60 Å². The van der Waals surface area contributed by atoms with Crippen molar-refractivity contribution in [3.63, 3.8) is 0 Å². The summed E-state index contributed by atoms with van der Waals surface area (Å²) in [5, 5.41) is 5.61. The van der Waals surface area contributed by atoms with Gasteiger partial charge in [-0.15, -0.1) is 16.9 Å². The second kappa shape index (κ2) is 9.86. The summed E-state index contributed by atoms with van der Waals surface area (Å²) in [7, 11) is -1.78. The lowest BCUT2D eigenvalue weighted by Gasteiger charge is -2.13. The van der Waals surface area contributed by atoms with Gasteiger partial charge in [-0.05, 0) is 19.1 Å². The summed E-state index contributed by atoms with van der Waals surface area (Å²) in [6, 6.07) is 0. The summed E-state index contributed by atoms with van der Waals surface area (Å²) < 4.78 is 24.5. The molecule has 1 aromatic rings. The molecule has 1 rings (SSSR count). The van der Waals surface area contributed by atoms with Crippen LogP contribution in [0.4, 0.5) is 0 Å². The van der Waals surface area contributed by atoms with Crippen LogP contribution in [0.1, 0.15) is 46.5 Å². The Morgan fingerprint density at radius 1 is 1.27 bits per heavy atom. The highest BCUT2D eigenvalue weighted by molar-refractivity contribution is 7.99. The van der Waals surface area contributed by atoms with Crippen molar-refractivity contribution in [1.29, 1.82) is 0 Å². The van der Waals surface area contributed by atoms with Gasteiger partial charge < -0.3 is 9.05 Å². The number of aromatic nitrogens is 2. The SMILES string of the molecule is CCCCCCSc1c(Cl)c(OP(=O)(CC)OC)nn1CC. The summed E-state index contributed by atoms with van der Waals surface area (Å²) in [6.45, 7) is 6.62. The zero-order valence-corrected chi connectivity index (χ0v) is 16.3. The molecule has 0 saturated carbocycles. The van der Waals surface area contributed by atoms with Crippen molar-refractivity contribution in [2.24, 2.45) is 0 Å². The Hall–Kier alpha value is -0.160. The summed E-state index contributed by atoms with van der Waals surface area (Å²) >= 11 is 8.03. The Morgan fingerprint density at radius 2 is 2.00 bits per heavy atom. The highest BCUT2D eigenvalue weighted by Crippen LogP contribution is 2.49. The van der Waals surface area contributed by atoms with Gasteiger partial charge in [0, 0.05) is 13.7 Å². The summed E-state index contributed by atoms with van der Waals surface area (Å²) in [5.41, 5.74) is 0. The van der Waals surface area contributed by atoms with E-state index in [0.29, 0.717) is 11.6 Å². The molecule has 8 heteroatoms. The van der Waals surface area contributed by atoms with Gasteiger partial charge in [-0.2, -0.15) is 0 Å². The number of unbranched alkanes of at least 4 members (excludes halogenated alkanes) is 3. The van der Waals surface area contributed by atoms with Crippen molar-refractivity contribution in [3.05, 3.63) is 5.02 Å². The Bertz CT molecular complexity index is 503. The number of aryl methyl sites for hydroxylation is 1. The zero-order chi connectivity index (χ0) is 16.6. The van der Waals surface area contributed by atoms with Gasteiger partial charge in [0.15, 0.2) is 0 Å². The fourth-order valence-corrected chi connectivity index (χ4v) is 4.19. The van der Waals surface area contributed by atoms with Gasteiger partial charge in [0.25, 0.3) is 5.88 Å². The molecule has 0 fully saturated rings. The van der Waals surface area contributed by atoms with Gasteiger partial charge in [0.2, 0.25) is 0 Å². The molecule has 0 N–H and O–H groups in total. The standard InChI is InChI=1S/C14H26ClN2O3PS/c1-5-8-9-10-11-22-14-12(15)13(16-17(14)6-2)20-21(18,7-3)19-4/h5-11H2,1-4H3. The van der Waals surface area contributed by atoms with Crippen LogP contribution in [0.2, 0.25) is 5.02 Å². The molecular formula is C14H26ClN2O3PS. The van der Waals surface area contributed by atoms with Crippen molar-refractivity contribution < 1.29 is 13.6 Å². The second-order valence-corrected chi connectivity index (χ2v) is 8.71. The van der Waals surface area contributed by atoms with Crippen LogP contribution in [0, 0.1) is 0 Å². The molecule has 0 radical (unpaired) electrons. The van der Waals surface area contributed by atoms with Crippen LogP contribution in [0.3, 0.4) is 0 Å². The van der Waals surface area contributed by atoms with E-state index in [-0.39, 0.29) is 12.0 Å². The molecule has 0 saturated heterocycles. The highest BCUT2D eigenvalue weighted by atomic mass is 35.5. The van der Waals surface area contributed by atoms with E-state index in [1.807, 2.05) is 6.92 Å². The van der Waals surface area contributed by atoms with Gasteiger partial charge in [-0.1, -0.05) is 44.7 Å². The summed E-state index contributed by atoms with van der Waals surface area (Å²) in [6.07, 6.45) is 5.12. The molecule has 1 unspecified atom stereocenters. The molecule has 0 aliphatic carbocycles. The zero-order valence-electron chi connectivity index (χ0n) is 13.8. The van der Waals surface area contributed by atoms with Crippen LogP contribution in [0.25, 0.3) is 0 Å². The smallest absolute Gasteiger partial charge is 0.379 e. The van der Waals surface area contributed by atoms with Crippen molar-refractivity contribution in [1.82, 2.24) is 9.78 Å². The van der Waals surface area contributed by atoms with Crippen LogP contribution in [0.5, 0.6) is 5.88 Å². The third kappa shape index (κ3) is 5.48. The first-order chi connectivity index (χ1) is 10.5. The lowest BCUT2D eigenvalue weighted by Crippen LogP contribution is -2.01. The molecule has 0 aromatic carbocycles. The fraction of sp³-hybridized carbons (Fsp3) is 0.786. The number of hydrogen-bond donors (Lipinski definition) is 0. The van der Waals surface area contributed by atoms with Crippen molar-refractivity contribution in [2.75, 3.05) is 19.0 Å². The Labute approximate surface area is 142 Å². The molecule has 0 amide bonds. The molecule has 0 aliphatic heterocycles. The maximum atomic E-state index is 12.3. The number of hydrogen-bond acceptors (Lipinski definition) is 5. The van der Waals surface area contributed by atoms with Crippen LogP contribution in [0.15, 0.2) is 5.03 Å². The van der Waals surface area contributed by atoms with Crippen molar-refractivity contribution in [3.8, 4) is 5.88 Å². The minimum Gasteiger partial charge on any atom is -0.403 e. The van der Waals surface area contributed by atoms with Crippen LogP contribution in [-0.2, 0) is 15.6 Å². The summed E-state index contributed by atoms with van der Waals surface area (Å²) in [5.74, 6) is 1.19. The van der Waals surface area contributed by atoms with Gasteiger partial charge in [-0.3, -0.25) is 4.68 Å². The number of nitrogens with zero attached hydrogens (tertiary/aromatic N) is 2. The lowest BCUT2D eigenvalue weighted by atomic mass is 10.2. The molecular weight excluding hydrogens is 343 g/mol. The lowest BCUT2D eigenvalue weighted by molar-refractivity contribution is 0.318. The van der Waals surface area contributed by atoms with Crippen molar-refractivity contribution in [2.45, 2.75) is 58.0 Å². The third-order valence-electron chi connectivity index (χ3n) is 3.25. The second-order valence-electron chi connectivity index (χ2n) is 4.85. The molecule has 5 nitrogen and oxygen atoms in total. The molecule has 1 atom stereocenters. The van der Waals surface area contributed by atoms with Crippen LogP contribution in [-0.4, -0.2) is 28.8 Å². The van der Waals surface area contributed by atoms with E-state index in [1.54, 1.807) is 23.4 Å². The van der Waals surface area contributed by atoms with Crippen LogP contribution >= 0.6 is 31.0 Å². The molecule has 22 heavy (non-hydrogen) atoms. The van der Waals surface area contributed by atoms with Gasteiger partial charge in [-0.25, -0.2) is 4.57 Å². The van der Waals surface area contributed by atoms with E-state index in [4.69, 9.17) is 20.6 Å². The first-order valence-corrected chi connectivity index (χ1v) is 10.8. The van der Waals surface area contributed by atoms with Gasteiger partial charge in [0.1, 0.15) is 10.0 Å². The highest BCUT2D eigenvalue weighted by Gasteiger charge is 2.27. The Balaban J connectivity index is 2.79. The predicted octanol–water partition coefficient (Wildman–Crippen LogP) is 5.47. The minimum atomic E-state index is -3.16. The Kier molecular flexibility index (Phi) is 8.91. The number of thioether (sulfide) groups is 1. The number of halogens is 1. The number of rotatable bonds is 11. The largest absolute Gasteiger partial charge is 0.403 e. The first kappa shape index (κ1) is 19.9. The first-order valence-electron chi connectivity index (χ1n) is 7.74. The molecule has 0 spiro atoms. The summed E-state index contributed by atoms with van der Waals surface area (Å²) in [4.78, 5) is 0. The molecule has 0 bridgehead atoms. The maximum absolute atomic E-state index is 12.3. The van der Waals surface area contributed by atoms with Crippen LogP contribution < -0.4 is 4.52 Å². The average molecular weight is 369 g/mol.